The van der Waals surface area contributed by atoms with Crippen LogP contribution in [-0.2, 0) is 11.3 Å². The molecule has 3 N–H and O–H groups in total. The number of methoxy groups -OCH3 is 2. The van der Waals surface area contributed by atoms with Gasteiger partial charge in [-0.2, -0.15) is 0 Å². The molecule has 0 saturated heterocycles. The quantitative estimate of drug-likeness (QED) is 0.337. The van der Waals surface area contributed by atoms with Gasteiger partial charge in [-0.1, -0.05) is 17.3 Å². The van der Waals surface area contributed by atoms with Crippen LogP contribution >= 0.6 is 0 Å². The van der Waals surface area contributed by atoms with E-state index in [-0.39, 0.29) is 34.7 Å². The Morgan fingerprint density at radius 2 is 1.80 bits per heavy atom. The first-order valence-electron chi connectivity index (χ1n) is 8.68. The number of rotatable bonds is 7. The number of nitrogens with zero attached hydrogens (tertiary/aromatic N) is 3. The molecule has 30 heavy (non-hydrogen) atoms. The van der Waals surface area contributed by atoms with E-state index in [2.05, 4.69) is 15.0 Å². The molecule has 154 valence electrons. The van der Waals surface area contributed by atoms with Crippen LogP contribution in [0.5, 0.6) is 5.75 Å². The monoisotopic (exact) mass is 410 g/mol. The average Bonchev–Trinajstić information content (AvgIpc) is 3.17. The van der Waals surface area contributed by atoms with Crippen LogP contribution in [-0.4, -0.2) is 52.0 Å². The van der Waals surface area contributed by atoms with Crippen LogP contribution in [0.3, 0.4) is 0 Å². The summed E-state index contributed by atoms with van der Waals surface area (Å²) in [5, 5.41) is 17.2. The van der Waals surface area contributed by atoms with Gasteiger partial charge in [0.15, 0.2) is 11.4 Å². The van der Waals surface area contributed by atoms with Gasteiger partial charge >= 0.3 is 11.9 Å². The normalized spacial score (nSPS) is 10.5. The Bertz CT molecular complexity index is 1120. The third-order valence-corrected chi connectivity index (χ3v) is 4.36. The number of nitrogen functional groups attached to an aromatic ring is 1. The minimum atomic E-state index is -1.36. The van der Waals surface area contributed by atoms with Gasteiger partial charge in [-0.25, -0.2) is 14.3 Å². The Balaban J connectivity index is 1.95. The molecule has 1 heterocycles. The number of carbonyl (C=O) groups is 3. The fraction of sp³-hybridized carbons (Fsp3) is 0.150. The summed E-state index contributed by atoms with van der Waals surface area (Å²) < 4.78 is 10.8. The molecule has 10 nitrogen and oxygen atoms in total. The van der Waals surface area contributed by atoms with Crippen LogP contribution in [0.2, 0.25) is 0 Å². The van der Waals surface area contributed by atoms with Gasteiger partial charge in [0.2, 0.25) is 5.78 Å². The first-order chi connectivity index (χ1) is 14.3. The lowest BCUT2D eigenvalue weighted by Gasteiger charge is -2.07. The number of aromatic carboxylic acids is 1. The van der Waals surface area contributed by atoms with E-state index in [1.807, 2.05) is 0 Å². The maximum atomic E-state index is 12.9. The zero-order valence-corrected chi connectivity index (χ0v) is 16.2. The van der Waals surface area contributed by atoms with Crippen LogP contribution in [0, 0.1) is 0 Å². The van der Waals surface area contributed by atoms with E-state index in [0.717, 1.165) is 10.2 Å². The zero-order valence-electron chi connectivity index (χ0n) is 16.2. The topological polar surface area (TPSA) is 147 Å². The van der Waals surface area contributed by atoms with Crippen molar-refractivity contribution in [2.45, 2.75) is 6.54 Å². The molecule has 0 fully saturated rings. The molecule has 1 aromatic heterocycles. The van der Waals surface area contributed by atoms with Crippen molar-refractivity contribution in [3.05, 3.63) is 70.5 Å². The molecule has 0 atom stereocenters. The zero-order chi connectivity index (χ0) is 21.8. The van der Waals surface area contributed by atoms with E-state index in [1.54, 1.807) is 24.3 Å². The number of nitrogens with two attached hydrogens (primary N) is 1. The largest absolute Gasteiger partial charge is 0.497 e. The summed E-state index contributed by atoms with van der Waals surface area (Å²) in [6.07, 6.45) is 0. The molecule has 10 heteroatoms. The molecule has 3 aromatic rings. The second-order valence-corrected chi connectivity index (χ2v) is 6.22. The van der Waals surface area contributed by atoms with E-state index in [4.69, 9.17) is 10.5 Å². The number of hydrogen-bond donors (Lipinski definition) is 2. The number of esters is 1. The summed E-state index contributed by atoms with van der Waals surface area (Å²) in [7, 11) is 2.76. The number of carboxylic acids is 1. The van der Waals surface area contributed by atoms with Crippen molar-refractivity contribution in [2.75, 3.05) is 20.0 Å². The maximum absolute atomic E-state index is 12.9. The first-order valence-corrected chi connectivity index (χ1v) is 8.68. The summed E-state index contributed by atoms with van der Waals surface area (Å²) in [6.45, 7) is 0.0860. The van der Waals surface area contributed by atoms with Crippen molar-refractivity contribution in [1.82, 2.24) is 15.0 Å². The SMILES string of the molecule is COC(=O)c1ccc(C(=O)c2nnn(Cc3ccc(OC)cc3)c2C(=O)O)c(N)c1. The Labute approximate surface area is 170 Å². The fourth-order valence-electron chi connectivity index (χ4n) is 2.83. The van der Waals surface area contributed by atoms with Crippen molar-refractivity contribution >= 4 is 23.4 Å². The predicted molar refractivity (Wildman–Crippen MR) is 105 cm³/mol. The molecule has 2 aromatic carbocycles. The first kappa shape index (κ1) is 20.5. The van der Waals surface area contributed by atoms with Gasteiger partial charge < -0.3 is 20.3 Å². The summed E-state index contributed by atoms with van der Waals surface area (Å²) >= 11 is 0. The number of hydrogen-bond acceptors (Lipinski definition) is 8. The summed E-state index contributed by atoms with van der Waals surface area (Å²) in [5.41, 5.74) is 6.06. The Hall–Kier alpha value is -4.21. The van der Waals surface area contributed by atoms with Gasteiger partial charge in [-0.15, -0.1) is 5.10 Å². The highest BCUT2D eigenvalue weighted by Gasteiger charge is 2.27. The number of aromatic nitrogens is 3. The van der Waals surface area contributed by atoms with Crippen molar-refractivity contribution in [3.8, 4) is 5.75 Å². The van der Waals surface area contributed by atoms with Gasteiger partial charge in [0, 0.05) is 11.3 Å². The molecule has 0 aliphatic carbocycles. The number of ketones is 1. The average molecular weight is 410 g/mol. The lowest BCUT2D eigenvalue weighted by molar-refractivity contribution is 0.0599. The summed E-state index contributed by atoms with van der Waals surface area (Å²) in [6, 6.07) is 10.9. The predicted octanol–water partition coefficient (Wildman–Crippen LogP) is 1.63. The van der Waals surface area contributed by atoms with E-state index in [9.17, 15) is 19.5 Å². The fourth-order valence-corrected chi connectivity index (χ4v) is 2.83. The van der Waals surface area contributed by atoms with Gasteiger partial charge in [0.25, 0.3) is 0 Å². The van der Waals surface area contributed by atoms with Gasteiger partial charge in [0.05, 0.1) is 26.3 Å². The van der Waals surface area contributed by atoms with Crippen LogP contribution in [0.15, 0.2) is 42.5 Å². The maximum Gasteiger partial charge on any atom is 0.356 e. The second-order valence-electron chi connectivity index (χ2n) is 6.22. The standard InChI is InChI=1S/C20H18N4O6/c1-29-13-6-3-11(4-7-13)10-24-17(19(26)27)16(22-23-24)18(25)14-8-5-12(9-15(14)21)20(28)30-2/h3-9H,10,21H2,1-2H3,(H,26,27). The van der Waals surface area contributed by atoms with Crippen LogP contribution in [0.4, 0.5) is 5.69 Å². The smallest absolute Gasteiger partial charge is 0.356 e. The molecule has 0 bridgehead atoms. The molecular weight excluding hydrogens is 392 g/mol. The molecule has 0 aliphatic rings. The van der Waals surface area contributed by atoms with Crippen molar-refractivity contribution in [3.63, 3.8) is 0 Å². The minimum absolute atomic E-state index is 0.00153. The Morgan fingerprint density at radius 3 is 2.37 bits per heavy atom. The van der Waals surface area contributed by atoms with Gasteiger partial charge in [-0.3, -0.25) is 4.79 Å². The highest BCUT2D eigenvalue weighted by molar-refractivity contribution is 6.15. The number of benzene rings is 2. The van der Waals surface area contributed by atoms with E-state index in [0.29, 0.717) is 5.75 Å². The van der Waals surface area contributed by atoms with E-state index >= 15 is 0 Å². The van der Waals surface area contributed by atoms with Crippen LogP contribution in [0.25, 0.3) is 0 Å². The third kappa shape index (κ3) is 3.97. The summed E-state index contributed by atoms with van der Waals surface area (Å²) in [4.78, 5) is 36.3. The lowest BCUT2D eigenvalue weighted by Crippen LogP contribution is -2.16. The highest BCUT2D eigenvalue weighted by atomic mass is 16.5. The van der Waals surface area contributed by atoms with Crippen molar-refractivity contribution in [2.24, 2.45) is 0 Å². The number of anilines is 1. The molecule has 0 radical (unpaired) electrons. The molecule has 0 aliphatic heterocycles. The lowest BCUT2D eigenvalue weighted by atomic mass is 10.0. The van der Waals surface area contributed by atoms with E-state index in [1.165, 1.54) is 32.4 Å². The Morgan fingerprint density at radius 1 is 1.10 bits per heavy atom. The number of ether oxygens (including phenoxy) is 2. The molecule has 0 spiro atoms. The van der Waals surface area contributed by atoms with Gasteiger partial charge in [-0.05, 0) is 35.9 Å². The molecule has 0 amide bonds. The molecule has 3 rings (SSSR count). The minimum Gasteiger partial charge on any atom is -0.497 e. The molecule has 0 saturated carbocycles. The van der Waals surface area contributed by atoms with Gasteiger partial charge in [0.1, 0.15) is 5.75 Å². The summed E-state index contributed by atoms with van der Waals surface area (Å²) in [5.74, 6) is -2.04. The third-order valence-electron chi connectivity index (χ3n) is 4.36. The molecular formula is C20H18N4O6. The number of carboxylic acid groups (broad SMARTS) is 1. The van der Waals surface area contributed by atoms with Crippen LogP contribution < -0.4 is 10.5 Å². The van der Waals surface area contributed by atoms with Crippen molar-refractivity contribution in [1.29, 1.82) is 0 Å². The van der Waals surface area contributed by atoms with Crippen LogP contribution in [0.1, 0.15) is 42.5 Å². The highest BCUT2D eigenvalue weighted by Crippen LogP contribution is 2.21. The number of carbonyl (C=O) groups excluding carboxylic acids is 2. The molecule has 0 unspecified atom stereocenters. The second kappa shape index (κ2) is 8.43. The Kier molecular flexibility index (Phi) is 5.77. The van der Waals surface area contributed by atoms with E-state index < -0.39 is 17.7 Å². The van der Waals surface area contributed by atoms with Crippen molar-refractivity contribution < 1.29 is 29.0 Å².